The smallest absolute Gasteiger partial charge is 0.291 e. The Bertz CT molecular complexity index is 1540. The molecule has 9 nitrogen and oxygen atoms in total. The fourth-order valence-corrected chi connectivity index (χ4v) is 5.45. The minimum absolute atomic E-state index is 0.118. The molecule has 10 heteroatoms. The number of thiazole rings is 1. The van der Waals surface area contributed by atoms with Crippen molar-refractivity contribution >= 4 is 49.7 Å². The Labute approximate surface area is 180 Å². The van der Waals surface area contributed by atoms with E-state index in [-0.39, 0.29) is 5.56 Å². The average molecular weight is 433 g/mol. The summed E-state index contributed by atoms with van der Waals surface area (Å²) in [6, 6.07) is 6.22. The molecule has 0 saturated heterocycles. The van der Waals surface area contributed by atoms with Gasteiger partial charge in [0.2, 0.25) is 0 Å². The molecular formula is C21H20N8OS. The van der Waals surface area contributed by atoms with Gasteiger partial charge in [0.05, 0.1) is 34.2 Å². The number of aromatic amines is 1. The first kappa shape index (κ1) is 18.3. The van der Waals surface area contributed by atoms with Crippen molar-refractivity contribution in [2.45, 2.75) is 25.9 Å². The number of aromatic nitrogens is 6. The van der Waals surface area contributed by atoms with Gasteiger partial charge in [-0.05, 0) is 18.6 Å². The molecule has 0 amide bonds. The SMILES string of the molecule is CC1NN=CC1Cc1nc2c(s1)c1cnn(Cc3cccc4[nH]ncc34)c(=O)c1n2C. The van der Waals surface area contributed by atoms with E-state index in [4.69, 9.17) is 4.98 Å². The van der Waals surface area contributed by atoms with Gasteiger partial charge >= 0.3 is 0 Å². The number of benzene rings is 1. The van der Waals surface area contributed by atoms with Crippen LogP contribution >= 0.6 is 11.3 Å². The van der Waals surface area contributed by atoms with Crippen LogP contribution < -0.4 is 11.0 Å². The highest BCUT2D eigenvalue weighted by Crippen LogP contribution is 2.32. The highest BCUT2D eigenvalue weighted by Gasteiger charge is 2.23. The molecule has 0 saturated carbocycles. The Balaban J connectivity index is 1.41. The molecule has 2 N–H and O–H groups in total. The normalized spacial score (nSPS) is 18.5. The zero-order valence-corrected chi connectivity index (χ0v) is 17.8. The molecule has 1 aliphatic heterocycles. The Kier molecular flexibility index (Phi) is 3.97. The first-order chi connectivity index (χ1) is 15.1. The molecule has 2 atom stereocenters. The minimum atomic E-state index is -0.118. The average Bonchev–Trinajstić information content (AvgIpc) is 3.52. The van der Waals surface area contributed by atoms with Crippen LogP contribution in [0.5, 0.6) is 0 Å². The van der Waals surface area contributed by atoms with Crippen molar-refractivity contribution in [1.29, 1.82) is 0 Å². The second-order valence-corrected chi connectivity index (χ2v) is 9.08. The van der Waals surface area contributed by atoms with Gasteiger partial charge in [0.15, 0.2) is 5.65 Å². The molecule has 6 rings (SSSR count). The van der Waals surface area contributed by atoms with Crippen molar-refractivity contribution in [3.8, 4) is 0 Å². The number of nitrogens with zero attached hydrogens (tertiary/aromatic N) is 6. The summed E-state index contributed by atoms with van der Waals surface area (Å²) in [6.07, 6.45) is 6.36. The predicted octanol–water partition coefficient (Wildman–Crippen LogP) is 2.41. The first-order valence-corrected chi connectivity index (χ1v) is 11.0. The van der Waals surface area contributed by atoms with Crippen molar-refractivity contribution in [2.24, 2.45) is 18.1 Å². The van der Waals surface area contributed by atoms with Gasteiger partial charge < -0.3 is 9.99 Å². The van der Waals surface area contributed by atoms with E-state index in [1.807, 2.05) is 36.0 Å². The predicted molar refractivity (Wildman–Crippen MR) is 122 cm³/mol. The van der Waals surface area contributed by atoms with Crippen LogP contribution in [-0.2, 0) is 20.0 Å². The second kappa shape index (κ2) is 6.74. The van der Waals surface area contributed by atoms with E-state index in [9.17, 15) is 4.79 Å². The third-order valence-electron chi connectivity index (χ3n) is 6.06. The molecule has 2 unspecified atom stereocenters. The number of rotatable bonds is 4. The number of hydrogen-bond donors (Lipinski definition) is 2. The summed E-state index contributed by atoms with van der Waals surface area (Å²) >= 11 is 1.64. The van der Waals surface area contributed by atoms with E-state index >= 15 is 0 Å². The standard InChI is InChI=1S/C21H20N8OS/c1-11-13(7-22-26-11)6-17-25-20-19(31-17)15-9-24-29(21(30)18(15)28(20)2)10-12-4-3-5-16-14(12)8-23-27-16/h3-5,7-9,11,13,26H,6,10H2,1-2H3,(H,23,27). The highest BCUT2D eigenvalue weighted by atomic mass is 32.1. The summed E-state index contributed by atoms with van der Waals surface area (Å²) in [7, 11) is 1.90. The lowest BCUT2D eigenvalue weighted by molar-refractivity contribution is 0.512. The molecule has 0 radical (unpaired) electrons. The summed E-state index contributed by atoms with van der Waals surface area (Å²) < 4.78 is 4.42. The highest BCUT2D eigenvalue weighted by molar-refractivity contribution is 7.19. The van der Waals surface area contributed by atoms with E-state index in [0.717, 1.165) is 43.6 Å². The van der Waals surface area contributed by atoms with Crippen LogP contribution in [-0.4, -0.2) is 41.8 Å². The van der Waals surface area contributed by atoms with Gasteiger partial charge in [-0.1, -0.05) is 12.1 Å². The Morgan fingerprint density at radius 1 is 1.23 bits per heavy atom. The molecule has 5 aromatic rings. The van der Waals surface area contributed by atoms with Crippen LogP contribution in [0.25, 0.3) is 32.2 Å². The summed E-state index contributed by atoms with van der Waals surface area (Å²) in [5, 5.41) is 18.6. The number of nitrogens with one attached hydrogen (secondary N) is 2. The van der Waals surface area contributed by atoms with Crippen LogP contribution in [0.1, 0.15) is 17.5 Å². The van der Waals surface area contributed by atoms with Crippen LogP contribution in [0.3, 0.4) is 0 Å². The van der Waals surface area contributed by atoms with Gasteiger partial charge in [0.1, 0.15) is 5.52 Å². The Morgan fingerprint density at radius 3 is 2.97 bits per heavy atom. The maximum Gasteiger partial charge on any atom is 0.291 e. The Hall–Kier alpha value is -3.53. The summed E-state index contributed by atoms with van der Waals surface area (Å²) in [5.74, 6) is 0.327. The lowest BCUT2D eigenvalue weighted by Crippen LogP contribution is -2.25. The van der Waals surface area contributed by atoms with Crippen LogP contribution in [0.4, 0.5) is 0 Å². The van der Waals surface area contributed by atoms with Gasteiger partial charge in [-0.25, -0.2) is 9.67 Å². The molecule has 0 aliphatic carbocycles. The monoisotopic (exact) mass is 432 g/mol. The zero-order chi connectivity index (χ0) is 21.1. The van der Waals surface area contributed by atoms with Gasteiger partial charge in [-0.3, -0.25) is 9.89 Å². The fraction of sp³-hybridized carbons (Fsp3) is 0.286. The van der Waals surface area contributed by atoms with Crippen molar-refractivity contribution in [3.05, 3.63) is 51.5 Å². The summed E-state index contributed by atoms with van der Waals surface area (Å²) in [4.78, 5) is 18.1. The third-order valence-corrected chi connectivity index (χ3v) is 7.16. The second-order valence-electron chi connectivity index (χ2n) is 8.00. The third kappa shape index (κ3) is 2.78. The number of hydrazone groups is 1. The lowest BCUT2D eigenvalue weighted by atomic mass is 10.0. The van der Waals surface area contributed by atoms with E-state index in [1.54, 1.807) is 23.7 Å². The number of aryl methyl sites for hydroxylation is 1. The zero-order valence-electron chi connectivity index (χ0n) is 17.0. The van der Waals surface area contributed by atoms with Crippen molar-refractivity contribution < 1.29 is 0 Å². The summed E-state index contributed by atoms with van der Waals surface area (Å²) in [6.45, 7) is 2.51. The van der Waals surface area contributed by atoms with Gasteiger partial charge in [-0.2, -0.15) is 15.3 Å². The quantitative estimate of drug-likeness (QED) is 0.454. The molecule has 156 valence electrons. The maximum absolute atomic E-state index is 13.3. The van der Waals surface area contributed by atoms with E-state index in [0.29, 0.717) is 24.0 Å². The number of fused-ring (bicyclic) bond motifs is 4. The van der Waals surface area contributed by atoms with Gasteiger partial charge in [-0.15, -0.1) is 11.3 Å². The Morgan fingerprint density at radius 2 is 2.13 bits per heavy atom. The lowest BCUT2D eigenvalue weighted by Gasteiger charge is -2.10. The summed E-state index contributed by atoms with van der Waals surface area (Å²) in [5.41, 5.74) is 6.37. The molecule has 1 aliphatic rings. The van der Waals surface area contributed by atoms with Crippen molar-refractivity contribution in [2.75, 3.05) is 0 Å². The van der Waals surface area contributed by atoms with Gasteiger partial charge in [0.25, 0.3) is 5.56 Å². The van der Waals surface area contributed by atoms with Crippen LogP contribution in [0, 0.1) is 5.92 Å². The fourth-order valence-electron chi connectivity index (χ4n) is 4.27. The molecule has 0 fully saturated rings. The van der Waals surface area contributed by atoms with Crippen molar-refractivity contribution in [1.82, 2.24) is 35.0 Å². The van der Waals surface area contributed by atoms with E-state index in [2.05, 4.69) is 32.7 Å². The van der Waals surface area contributed by atoms with E-state index in [1.165, 1.54) is 4.68 Å². The molecule has 31 heavy (non-hydrogen) atoms. The number of H-pyrrole nitrogens is 1. The van der Waals surface area contributed by atoms with Crippen LogP contribution in [0.2, 0.25) is 0 Å². The maximum atomic E-state index is 13.3. The van der Waals surface area contributed by atoms with Crippen molar-refractivity contribution in [3.63, 3.8) is 0 Å². The molecule has 0 spiro atoms. The molecule has 1 aromatic carbocycles. The molecule has 4 aromatic heterocycles. The minimum Gasteiger partial charge on any atom is -0.323 e. The largest absolute Gasteiger partial charge is 0.323 e. The molecule has 0 bridgehead atoms. The van der Waals surface area contributed by atoms with E-state index < -0.39 is 0 Å². The molecular weight excluding hydrogens is 412 g/mol. The topological polar surface area (TPSA) is 106 Å². The number of hydrogen-bond acceptors (Lipinski definition) is 7. The first-order valence-electron chi connectivity index (χ1n) is 10.1. The van der Waals surface area contributed by atoms with Gasteiger partial charge in [0, 0.05) is 42.4 Å². The molecule has 5 heterocycles. The van der Waals surface area contributed by atoms with Crippen LogP contribution in [0.15, 0.2) is 40.5 Å².